The summed E-state index contributed by atoms with van der Waals surface area (Å²) in [5, 5.41) is 4.31. The van der Waals surface area contributed by atoms with E-state index >= 15 is 0 Å². The summed E-state index contributed by atoms with van der Waals surface area (Å²) in [4.78, 5) is 1.35. The minimum Gasteiger partial charge on any atom is -0.490 e. The van der Waals surface area contributed by atoms with Crippen molar-refractivity contribution < 1.29 is 9.47 Å². The Morgan fingerprint density at radius 2 is 2.00 bits per heavy atom. The molecule has 0 aliphatic carbocycles. The number of ether oxygens (including phenoxy) is 2. The first-order valence-corrected chi connectivity index (χ1v) is 8.49. The van der Waals surface area contributed by atoms with Gasteiger partial charge in [-0.1, -0.05) is 13.8 Å². The molecule has 2 atom stereocenters. The minimum atomic E-state index is 0.443. The van der Waals surface area contributed by atoms with Crippen LogP contribution in [0.4, 0.5) is 0 Å². The van der Waals surface area contributed by atoms with Gasteiger partial charge in [0.25, 0.3) is 0 Å². The molecule has 0 amide bonds. The first-order valence-electron chi connectivity index (χ1n) is 7.61. The van der Waals surface area contributed by atoms with Crippen molar-refractivity contribution in [3.8, 4) is 11.5 Å². The highest BCUT2D eigenvalue weighted by atomic mass is 32.2. The van der Waals surface area contributed by atoms with Crippen molar-refractivity contribution in [2.45, 2.75) is 49.3 Å². The Bertz CT molecular complexity index is 478. The van der Waals surface area contributed by atoms with E-state index in [9.17, 15) is 0 Å². The quantitative estimate of drug-likeness (QED) is 0.919. The van der Waals surface area contributed by atoms with Crippen molar-refractivity contribution in [2.24, 2.45) is 0 Å². The molecule has 110 valence electrons. The fourth-order valence-electron chi connectivity index (χ4n) is 2.82. The average Bonchev–Trinajstić information content (AvgIpc) is 2.67. The van der Waals surface area contributed by atoms with E-state index in [0.717, 1.165) is 44.1 Å². The van der Waals surface area contributed by atoms with Crippen LogP contribution >= 0.6 is 11.8 Å². The molecule has 0 aromatic heterocycles. The van der Waals surface area contributed by atoms with Gasteiger partial charge < -0.3 is 14.8 Å². The Kier molecular flexibility index (Phi) is 4.41. The van der Waals surface area contributed by atoms with E-state index in [1.807, 2.05) is 11.8 Å². The SMILES string of the molecule is CCCNC1CC(C)Sc2cc3c(cc21)OCCCO3. The van der Waals surface area contributed by atoms with Gasteiger partial charge in [-0.05, 0) is 37.1 Å². The molecule has 3 rings (SSSR count). The van der Waals surface area contributed by atoms with Gasteiger partial charge in [0.1, 0.15) is 0 Å². The lowest BCUT2D eigenvalue weighted by Gasteiger charge is -2.30. The van der Waals surface area contributed by atoms with Crippen molar-refractivity contribution in [3.63, 3.8) is 0 Å². The Hall–Kier alpha value is -0.870. The van der Waals surface area contributed by atoms with Gasteiger partial charge in [0.2, 0.25) is 0 Å². The molecule has 4 heteroatoms. The maximum atomic E-state index is 5.83. The zero-order chi connectivity index (χ0) is 13.9. The van der Waals surface area contributed by atoms with Crippen molar-refractivity contribution in [1.29, 1.82) is 0 Å². The molecule has 2 aliphatic heterocycles. The third-order valence-corrected chi connectivity index (χ3v) is 4.99. The largest absolute Gasteiger partial charge is 0.490 e. The number of benzene rings is 1. The molecule has 0 saturated heterocycles. The minimum absolute atomic E-state index is 0.443. The van der Waals surface area contributed by atoms with Gasteiger partial charge in [-0.3, -0.25) is 0 Å². The van der Waals surface area contributed by atoms with E-state index in [2.05, 4.69) is 31.3 Å². The first-order chi connectivity index (χ1) is 9.78. The molecule has 0 radical (unpaired) electrons. The van der Waals surface area contributed by atoms with Crippen LogP contribution in [-0.2, 0) is 0 Å². The van der Waals surface area contributed by atoms with Crippen LogP contribution in [0.1, 0.15) is 44.7 Å². The molecule has 0 saturated carbocycles. The lowest BCUT2D eigenvalue weighted by molar-refractivity contribution is 0.296. The fraction of sp³-hybridized carbons (Fsp3) is 0.625. The predicted octanol–water partition coefficient (Wildman–Crippen LogP) is 3.77. The Morgan fingerprint density at radius 3 is 2.75 bits per heavy atom. The van der Waals surface area contributed by atoms with Crippen LogP contribution < -0.4 is 14.8 Å². The molecule has 1 aromatic carbocycles. The maximum absolute atomic E-state index is 5.83. The average molecular weight is 293 g/mol. The van der Waals surface area contributed by atoms with Crippen molar-refractivity contribution in [1.82, 2.24) is 5.32 Å². The topological polar surface area (TPSA) is 30.5 Å². The van der Waals surface area contributed by atoms with E-state index in [-0.39, 0.29) is 0 Å². The smallest absolute Gasteiger partial charge is 0.162 e. The number of thioether (sulfide) groups is 1. The molecule has 1 N–H and O–H groups in total. The second-order valence-electron chi connectivity index (χ2n) is 5.56. The van der Waals surface area contributed by atoms with Gasteiger partial charge in [-0.2, -0.15) is 0 Å². The van der Waals surface area contributed by atoms with E-state index < -0.39 is 0 Å². The summed E-state index contributed by atoms with van der Waals surface area (Å²) >= 11 is 1.95. The summed E-state index contributed by atoms with van der Waals surface area (Å²) in [5.74, 6) is 1.83. The monoisotopic (exact) mass is 293 g/mol. The predicted molar refractivity (Wildman–Crippen MR) is 83.0 cm³/mol. The summed E-state index contributed by atoms with van der Waals surface area (Å²) in [7, 11) is 0. The highest BCUT2D eigenvalue weighted by molar-refractivity contribution is 8.00. The molecule has 20 heavy (non-hydrogen) atoms. The lowest BCUT2D eigenvalue weighted by atomic mass is 10.0. The van der Waals surface area contributed by atoms with Crippen LogP contribution in [0.2, 0.25) is 0 Å². The van der Waals surface area contributed by atoms with Crippen LogP contribution in [0.3, 0.4) is 0 Å². The zero-order valence-corrected chi connectivity index (χ0v) is 13.1. The van der Waals surface area contributed by atoms with Crippen LogP contribution in [0.5, 0.6) is 11.5 Å². The highest BCUT2D eigenvalue weighted by Crippen LogP contribution is 2.45. The number of fused-ring (bicyclic) bond motifs is 2. The van der Waals surface area contributed by atoms with Gasteiger partial charge in [-0.25, -0.2) is 0 Å². The van der Waals surface area contributed by atoms with Crippen molar-refractivity contribution in [3.05, 3.63) is 17.7 Å². The number of hydrogen-bond donors (Lipinski definition) is 1. The molecule has 0 spiro atoms. The molecule has 0 bridgehead atoms. The molecular weight excluding hydrogens is 270 g/mol. The van der Waals surface area contributed by atoms with E-state index in [1.54, 1.807) is 0 Å². The van der Waals surface area contributed by atoms with Crippen molar-refractivity contribution in [2.75, 3.05) is 19.8 Å². The van der Waals surface area contributed by atoms with Crippen LogP contribution in [0.15, 0.2) is 17.0 Å². The van der Waals surface area contributed by atoms with Gasteiger partial charge in [0.15, 0.2) is 11.5 Å². The third kappa shape index (κ3) is 2.91. The van der Waals surface area contributed by atoms with Crippen LogP contribution in [-0.4, -0.2) is 25.0 Å². The molecule has 3 nitrogen and oxygen atoms in total. The van der Waals surface area contributed by atoms with E-state index in [1.165, 1.54) is 16.9 Å². The van der Waals surface area contributed by atoms with Gasteiger partial charge in [0.05, 0.1) is 13.2 Å². The maximum Gasteiger partial charge on any atom is 0.162 e. The van der Waals surface area contributed by atoms with Gasteiger partial charge >= 0.3 is 0 Å². The molecule has 2 unspecified atom stereocenters. The standard InChI is InChI=1S/C16H23NO2S/c1-3-5-17-13-8-11(2)20-16-10-15-14(9-12(13)16)18-6-4-7-19-15/h9-11,13,17H,3-8H2,1-2H3. The second kappa shape index (κ2) is 6.27. The molecule has 2 heterocycles. The number of nitrogens with one attached hydrogen (secondary N) is 1. The Labute approximate surface area is 125 Å². The van der Waals surface area contributed by atoms with E-state index in [4.69, 9.17) is 9.47 Å². The van der Waals surface area contributed by atoms with Crippen molar-refractivity contribution >= 4 is 11.8 Å². The highest BCUT2D eigenvalue weighted by Gasteiger charge is 2.27. The van der Waals surface area contributed by atoms with Crippen LogP contribution in [0.25, 0.3) is 0 Å². The normalized spacial score (nSPS) is 24.9. The summed E-state index contributed by atoms with van der Waals surface area (Å²) in [6, 6.07) is 4.82. The van der Waals surface area contributed by atoms with Crippen LogP contribution in [0, 0.1) is 0 Å². The molecule has 1 aromatic rings. The number of hydrogen-bond acceptors (Lipinski definition) is 4. The third-order valence-electron chi connectivity index (χ3n) is 3.79. The van der Waals surface area contributed by atoms with Gasteiger partial charge in [0, 0.05) is 22.6 Å². The first kappa shape index (κ1) is 14.1. The summed E-state index contributed by atoms with van der Waals surface area (Å²) < 4.78 is 11.6. The molecule has 2 aliphatic rings. The Morgan fingerprint density at radius 1 is 1.25 bits per heavy atom. The van der Waals surface area contributed by atoms with Gasteiger partial charge in [-0.15, -0.1) is 11.8 Å². The second-order valence-corrected chi connectivity index (χ2v) is 7.04. The van der Waals surface area contributed by atoms with E-state index in [0.29, 0.717) is 11.3 Å². The summed E-state index contributed by atoms with van der Waals surface area (Å²) in [6.45, 7) is 7.09. The fourth-order valence-corrected chi connectivity index (χ4v) is 4.05. The molecule has 0 fully saturated rings. The summed E-state index contributed by atoms with van der Waals surface area (Å²) in [5.41, 5.74) is 1.38. The lowest BCUT2D eigenvalue weighted by Crippen LogP contribution is -2.27. The zero-order valence-electron chi connectivity index (χ0n) is 12.3. The molecular formula is C16H23NO2S. The summed E-state index contributed by atoms with van der Waals surface area (Å²) in [6.07, 6.45) is 3.30. The number of rotatable bonds is 3. The Balaban J connectivity index is 1.93.